The van der Waals surface area contributed by atoms with Gasteiger partial charge in [-0.1, -0.05) is 25.1 Å². The molecule has 1 aliphatic rings. The average molecular weight is 260 g/mol. The highest BCUT2D eigenvalue weighted by Crippen LogP contribution is 2.16. The molecule has 0 unspecified atom stereocenters. The number of para-hydroxylation sites is 1. The zero-order chi connectivity index (χ0) is 13.7. The molecular weight excluding hydrogens is 240 g/mol. The molecule has 4 nitrogen and oxygen atoms in total. The van der Waals surface area contributed by atoms with Gasteiger partial charge < -0.3 is 10.2 Å². The van der Waals surface area contributed by atoms with E-state index in [4.69, 9.17) is 0 Å². The van der Waals surface area contributed by atoms with Crippen molar-refractivity contribution in [3.8, 4) is 0 Å². The van der Waals surface area contributed by atoms with E-state index in [0.29, 0.717) is 0 Å². The molecule has 0 saturated carbocycles. The van der Waals surface area contributed by atoms with Gasteiger partial charge in [0.1, 0.15) is 6.42 Å². The predicted molar refractivity (Wildman–Crippen MR) is 74.9 cm³/mol. The summed E-state index contributed by atoms with van der Waals surface area (Å²) in [6.45, 7) is 3.62. The molecule has 0 aliphatic carbocycles. The highest BCUT2D eigenvalue weighted by atomic mass is 16.2. The highest BCUT2D eigenvalue weighted by molar-refractivity contribution is 6.03. The summed E-state index contributed by atoms with van der Waals surface area (Å²) in [5.74, 6) is -0.290. The van der Waals surface area contributed by atoms with Gasteiger partial charge in [-0.3, -0.25) is 9.59 Å². The van der Waals surface area contributed by atoms with Crippen molar-refractivity contribution < 1.29 is 9.59 Å². The summed E-state index contributed by atoms with van der Waals surface area (Å²) in [7, 11) is 0. The van der Waals surface area contributed by atoms with Crippen molar-refractivity contribution in [2.24, 2.45) is 0 Å². The third-order valence-corrected chi connectivity index (χ3v) is 3.44. The van der Waals surface area contributed by atoms with Crippen molar-refractivity contribution in [2.45, 2.75) is 32.6 Å². The fourth-order valence-electron chi connectivity index (χ4n) is 2.36. The van der Waals surface area contributed by atoms with Gasteiger partial charge in [0.2, 0.25) is 11.8 Å². The second-order valence-corrected chi connectivity index (χ2v) is 4.82. The molecule has 1 saturated heterocycles. The molecule has 4 heteroatoms. The minimum atomic E-state index is -0.224. The fraction of sp³-hybridized carbons (Fsp3) is 0.467. The van der Waals surface area contributed by atoms with Crippen LogP contribution in [0.15, 0.2) is 24.3 Å². The Morgan fingerprint density at radius 2 is 1.89 bits per heavy atom. The van der Waals surface area contributed by atoms with Crippen LogP contribution in [0.25, 0.3) is 0 Å². The number of carbonyl (C=O) groups is 2. The number of nitrogens with zero attached hydrogens (tertiary/aromatic N) is 1. The Hall–Kier alpha value is -1.84. The van der Waals surface area contributed by atoms with E-state index >= 15 is 0 Å². The summed E-state index contributed by atoms with van der Waals surface area (Å²) < 4.78 is 0. The summed E-state index contributed by atoms with van der Waals surface area (Å²) in [4.78, 5) is 25.5. The topological polar surface area (TPSA) is 49.4 Å². The van der Waals surface area contributed by atoms with Gasteiger partial charge in [-0.25, -0.2) is 0 Å². The molecule has 102 valence electrons. The maximum Gasteiger partial charge on any atom is 0.233 e. The third-order valence-electron chi connectivity index (χ3n) is 3.44. The lowest BCUT2D eigenvalue weighted by atomic mass is 10.1. The zero-order valence-electron chi connectivity index (χ0n) is 11.3. The lowest BCUT2D eigenvalue weighted by Gasteiger charge is -2.15. The SMILES string of the molecule is CCc1ccccc1NC(=O)CC(=O)N1CCCC1. The predicted octanol–water partition coefficient (Wildman–Crippen LogP) is 2.20. The molecule has 0 aromatic heterocycles. The van der Waals surface area contributed by atoms with E-state index in [1.54, 1.807) is 4.90 Å². The molecule has 1 aromatic rings. The van der Waals surface area contributed by atoms with Crippen LogP contribution in [0.2, 0.25) is 0 Å². The Morgan fingerprint density at radius 1 is 1.21 bits per heavy atom. The van der Waals surface area contributed by atoms with E-state index in [9.17, 15) is 9.59 Å². The molecule has 2 amide bonds. The van der Waals surface area contributed by atoms with E-state index in [1.165, 1.54) is 0 Å². The molecule has 2 rings (SSSR count). The van der Waals surface area contributed by atoms with Gasteiger partial charge >= 0.3 is 0 Å². The number of carbonyl (C=O) groups excluding carboxylic acids is 2. The van der Waals surface area contributed by atoms with Gasteiger partial charge in [0.25, 0.3) is 0 Å². The van der Waals surface area contributed by atoms with Crippen LogP contribution < -0.4 is 5.32 Å². The number of amides is 2. The van der Waals surface area contributed by atoms with Gasteiger partial charge in [0.15, 0.2) is 0 Å². The maximum atomic E-state index is 11.9. The minimum absolute atomic E-state index is 0.0575. The van der Waals surface area contributed by atoms with Crippen molar-refractivity contribution in [1.82, 2.24) is 4.90 Å². The Morgan fingerprint density at radius 3 is 2.58 bits per heavy atom. The lowest BCUT2D eigenvalue weighted by Crippen LogP contribution is -2.31. The summed E-state index contributed by atoms with van der Waals surface area (Å²) in [5, 5.41) is 2.83. The summed E-state index contributed by atoms with van der Waals surface area (Å²) in [6, 6.07) is 7.69. The standard InChI is InChI=1S/C15H20N2O2/c1-2-12-7-3-4-8-13(12)16-14(18)11-15(19)17-9-5-6-10-17/h3-4,7-8H,2,5-6,9-11H2,1H3,(H,16,18). The first-order valence-electron chi connectivity index (χ1n) is 6.86. The van der Waals surface area contributed by atoms with Crippen LogP contribution in [0.5, 0.6) is 0 Å². The van der Waals surface area contributed by atoms with Crippen LogP contribution in [0.3, 0.4) is 0 Å². The quantitative estimate of drug-likeness (QED) is 0.844. The second kappa shape index (κ2) is 6.36. The molecule has 1 fully saturated rings. The third kappa shape index (κ3) is 3.56. The number of hydrogen-bond acceptors (Lipinski definition) is 2. The zero-order valence-corrected chi connectivity index (χ0v) is 11.3. The van der Waals surface area contributed by atoms with Crippen molar-refractivity contribution in [2.75, 3.05) is 18.4 Å². The van der Waals surface area contributed by atoms with Gasteiger partial charge in [0.05, 0.1) is 0 Å². The van der Waals surface area contributed by atoms with Crippen LogP contribution in [-0.4, -0.2) is 29.8 Å². The minimum Gasteiger partial charge on any atom is -0.342 e. The molecule has 1 aliphatic heterocycles. The fourth-order valence-corrected chi connectivity index (χ4v) is 2.36. The molecule has 1 aromatic carbocycles. The maximum absolute atomic E-state index is 11.9. The monoisotopic (exact) mass is 260 g/mol. The largest absolute Gasteiger partial charge is 0.342 e. The number of anilines is 1. The molecule has 0 radical (unpaired) electrons. The van der Waals surface area contributed by atoms with Gasteiger partial charge in [0, 0.05) is 18.8 Å². The van der Waals surface area contributed by atoms with Crippen molar-refractivity contribution in [1.29, 1.82) is 0 Å². The molecule has 0 bridgehead atoms. The number of hydrogen-bond donors (Lipinski definition) is 1. The number of benzene rings is 1. The van der Waals surface area contributed by atoms with Crippen LogP contribution in [-0.2, 0) is 16.0 Å². The van der Waals surface area contributed by atoms with Crippen LogP contribution >= 0.6 is 0 Å². The Bertz CT molecular complexity index is 465. The first-order valence-corrected chi connectivity index (χ1v) is 6.86. The Labute approximate surface area is 113 Å². The smallest absolute Gasteiger partial charge is 0.233 e. The van der Waals surface area contributed by atoms with E-state index in [1.807, 2.05) is 31.2 Å². The average Bonchev–Trinajstić information content (AvgIpc) is 2.93. The molecule has 1 N–H and O–H groups in total. The van der Waals surface area contributed by atoms with E-state index in [2.05, 4.69) is 5.32 Å². The number of aryl methyl sites for hydroxylation is 1. The summed E-state index contributed by atoms with van der Waals surface area (Å²) in [6.07, 6.45) is 2.90. The normalized spacial score (nSPS) is 14.5. The first kappa shape index (κ1) is 13.6. The van der Waals surface area contributed by atoms with Gasteiger partial charge in [-0.05, 0) is 30.9 Å². The number of nitrogens with one attached hydrogen (secondary N) is 1. The van der Waals surface area contributed by atoms with Gasteiger partial charge in [-0.15, -0.1) is 0 Å². The number of rotatable bonds is 4. The first-order chi connectivity index (χ1) is 9.20. The lowest BCUT2D eigenvalue weighted by molar-refractivity contribution is -0.133. The van der Waals surface area contributed by atoms with Crippen molar-refractivity contribution in [3.05, 3.63) is 29.8 Å². The Kier molecular flexibility index (Phi) is 4.55. The molecule has 19 heavy (non-hydrogen) atoms. The van der Waals surface area contributed by atoms with E-state index in [-0.39, 0.29) is 18.2 Å². The summed E-state index contributed by atoms with van der Waals surface area (Å²) >= 11 is 0. The molecule has 1 heterocycles. The Balaban J connectivity index is 1.91. The van der Waals surface area contributed by atoms with Crippen molar-refractivity contribution >= 4 is 17.5 Å². The molecule has 0 spiro atoms. The van der Waals surface area contributed by atoms with E-state index < -0.39 is 0 Å². The van der Waals surface area contributed by atoms with E-state index in [0.717, 1.165) is 43.6 Å². The molecular formula is C15H20N2O2. The van der Waals surface area contributed by atoms with Crippen LogP contribution in [0.1, 0.15) is 31.7 Å². The van der Waals surface area contributed by atoms with Crippen LogP contribution in [0.4, 0.5) is 5.69 Å². The van der Waals surface area contributed by atoms with Crippen LogP contribution in [0, 0.1) is 0 Å². The highest BCUT2D eigenvalue weighted by Gasteiger charge is 2.20. The second-order valence-electron chi connectivity index (χ2n) is 4.82. The number of likely N-dealkylation sites (tertiary alicyclic amines) is 1. The van der Waals surface area contributed by atoms with Gasteiger partial charge in [-0.2, -0.15) is 0 Å². The van der Waals surface area contributed by atoms with Crippen molar-refractivity contribution in [3.63, 3.8) is 0 Å². The summed E-state index contributed by atoms with van der Waals surface area (Å²) in [5.41, 5.74) is 1.90. The molecule has 0 atom stereocenters.